The molecular weight excluding hydrogens is 268 g/mol. The summed E-state index contributed by atoms with van der Waals surface area (Å²) < 4.78 is 1.42. The monoisotopic (exact) mass is 276 g/mol. The fourth-order valence-corrected chi connectivity index (χ4v) is 2.15. The van der Waals surface area contributed by atoms with Gasteiger partial charge in [0.15, 0.2) is 17.8 Å². The van der Waals surface area contributed by atoms with Crippen molar-refractivity contribution >= 4 is 29.1 Å². The van der Waals surface area contributed by atoms with Crippen molar-refractivity contribution in [3.63, 3.8) is 0 Å². The van der Waals surface area contributed by atoms with E-state index in [4.69, 9.17) is 11.6 Å². The van der Waals surface area contributed by atoms with Crippen molar-refractivity contribution in [3.8, 4) is 5.82 Å². The second-order valence-corrected chi connectivity index (χ2v) is 4.19. The molecule has 3 aromatic rings. The maximum Gasteiger partial charge on any atom is 0.184 e. The minimum atomic E-state index is 0.237. The van der Waals surface area contributed by atoms with Gasteiger partial charge in [-0.05, 0) is 6.42 Å². The van der Waals surface area contributed by atoms with Crippen LogP contribution in [0.3, 0.4) is 0 Å². The van der Waals surface area contributed by atoms with E-state index in [1.165, 1.54) is 17.3 Å². The molecule has 0 aliphatic rings. The number of fused-ring (bicyclic) bond motifs is 1. The summed E-state index contributed by atoms with van der Waals surface area (Å²) in [7, 11) is 0. The maximum atomic E-state index is 11.1. The molecule has 0 spiro atoms. The molecule has 0 aliphatic heterocycles. The third kappa shape index (κ3) is 1.70. The number of aryl methyl sites for hydroxylation is 1. The van der Waals surface area contributed by atoms with E-state index in [0.29, 0.717) is 40.9 Å². The Bertz CT molecular complexity index is 762. The van der Waals surface area contributed by atoms with Crippen LogP contribution in [0.25, 0.3) is 17.0 Å². The molecular formula is C11H9ClN6O. The third-order valence-corrected chi connectivity index (χ3v) is 3.16. The number of hydrogen-bond donors (Lipinski definition) is 1. The van der Waals surface area contributed by atoms with E-state index in [1.54, 1.807) is 0 Å². The predicted octanol–water partition coefficient (Wildman–Crippen LogP) is 1.57. The minimum Gasteiger partial charge on any atom is -0.340 e. The number of nitrogens with one attached hydrogen (secondary N) is 1. The molecule has 96 valence electrons. The first-order valence-corrected chi connectivity index (χ1v) is 6.01. The normalized spacial score (nSPS) is 11.1. The molecule has 0 aliphatic carbocycles. The standard InChI is InChI=1S/C11H9ClN6O/c1-2-7-6(3-19)9(12)18(17-7)11-8-10(14-4-13-8)15-5-16-11/h3-5H,2H2,1H3,(H,13,14,15,16). The summed E-state index contributed by atoms with van der Waals surface area (Å²) in [6, 6.07) is 0. The zero-order chi connectivity index (χ0) is 13.4. The summed E-state index contributed by atoms with van der Waals surface area (Å²) in [6.07, 6.45) is 4.21. The van der Waals surface area contributed by atoms with Crippen LogP contribution in [0.1, 0.15) is 23.0 Å². The summed E-state index contributed by atoms with van der Waals surface area (Å²) in [6.45, 7) is 1.90. The Morgan fingerprint density at radius 1 is 1.42 bits per heavy atom. The number of nitrogens with zero attached hydrogens (tertiary/aromatic N) is 5. The van der Waals surface area contributed by atoms with Crippen LogP contribution in [0.5, 0.6) is 0 Å². The van der Waals surface area contributed by atoms with Crippen molar-refractivity contribution in [2.24, 2.45) is 0 Å². The van der Waals surface area contributed by atoms with E-state index in [0.717, 1.165) is 0 Å². The van der Waals surface area contributed by atoms with Gasteiger partial charge in [0.25, 0.3) is 0 Å². The Labute approximate surface area is 112 Å². The van der Waals surface area contributed by atoms with Crippen molar-refractivity contribution in [1.29, 1.82) is 0 Å². The lowest BCUT2D eigenvalue weighted by Crippen LogP contribution is -2.02. The molecule has 0 unspecified atom stereocenters. The number of carbonyl (C=O) groups excluding carboxylic acids is 1. The highest BCUT2D eigenvalue weighted by Crippen LogP contribution is 2.24. The van der Waals surface area contributed by atoms with Crippen LogP contribution < -0.4 is 0 Å². The van der Waals surface area contributed by atoms with E-state index in [2.05, 4.69) is 25.0 Å². The summed E-state index contributed by atoms with van der Waals surface area (Å²) in [5.41, 5.74) is 2.15. The van der Waals surface area contributed by atoms with Gasteiger partial charge in [0.05, 0.1) is 17.6 Å². The summed E-state index contributed by atoms with van der Waals surface area (Å²) in [5, 5.41) is 4.55. The van der Waals surface area contributed by atoms with Crippen LogP contribution in [0.2, 0.25) is 5.15 Å². The van der Waals surface area contributed by atoms with Gasteiger partial charge in [0.1, 0.15) is 17.0 Å². The fraction of sp³-hybridized carbons (Fsp3) is 0.182. The molecule has 8 heteroatoms. The molecule has 0 amide bonds. The quantitative estimate of drug-likeness (QED) is 0.733. The van der Waals surface area contributed by atoms with Gasteiger partial charge in [0.2, 0.25) is 0 Å². The number of rotatable bonds is 3. The number of carbonyl (C=O) groups is 1. The van der Waals surface area contributed by atoms with Crippen molar-refractivity contribution in [2.45, 2.75) is 13.3 Å². The molecule has 3 heterocycles. The Morgan fingerprint density at radius 3 is 2.95 bits per heavy atom. The van der Waals surface area contributed by atoms with E-state index < -0.39 is 0 Å². The maximum absolute atomic E-state index is 11.1. The van der Waals surface area contributed by atoms with Crippen molar-refractivity contribution in [2.75, 3.05) is 0 Å². The Kier molecular flexibility index (Phi) is 2.75. The molecule has 3 rings (SSSR count). The first-order valence-electron chi connectivity index (χ1n) is 5.63. The lowest BCUT2D eigenvalue weighted by atomic mass is 10.2. The molecule has 7 nitrogen and oxygen atoms in total. The lowest BCUT2D eigenvalue weighted by Gasteiger charge is -2.02. The van der Waals surface area contributed by atoms with E-state index in [-0.39, 0.29) is 5.15 Å². The molecule has 0 aromatic carbocycles. The zero-order valence-electron chi connectivity index (χ0n) is 9.96. The average Bonchev–Trinajstić information content (AvgIpc) is 3.02. The summed E-state index contributed by atoms with van der Waals surface area (Å²) in [5.74, 6) is 0.468. The SMILES string of the molecule is CCc1nn(-c2ncnc3nc[nH]c23)c(Cl)c1C=O. The van der Waals surface area contributed by atoms with Gasteiger partial charge in [-0.15, -0.1) is 0 Å². The molecule has 0 atom stereocenters. The Morgan fingerprint density at radius 2 is 2.26 bits per heavy atom. The largest absolute Gasteiger partial charge is 0.340 e. The van der Waals surface area contributed by atoms with Gasteiger partial charge in [0, 0.05) is 0 Å². The molecule has 1 N–H and O–H groups in total. The van der Waals surface area contributed by atoms with Crippen molar-refractivity contribution in [3.05, 3.63) is 29.1 Å². The Balaban J connectivity index is 2.30. The van der Waals surface area contributed by atoms with Gasteiger partial charge < -0.3 is 4.98 Å². The minimum absolute atomic E-state index is 0.237. The van der Waals surface area contributed by atoms with Crippen molar-refractivity contribution in [1.82, 2.24) is 29.7 Å². The molecule has 0 bridgehead atoms. The van der Waals surface area contributed by atoms with Gasteiger partial charge >= 0.3 is 0 Å². The van der Waals surface area contributed by atoms with Crippen molar-refractivity contribution < 1.29 is 4.79 Å². The van der Waals surface area contributed by atoms with E-state index in [1.807, 2.05) is 6.92 Å². The molecule has 0 saturated heterocycles. The van der Waals surface area contributed by atoms with Crippen LogP contribution in [-0.4, -0.2) is 36.0 Å². The lowest BCUT2D eigenvalue weighted by molar-refractivity contribution is 0.112. The highest BCUT2D eigenvalue weighted by molar-refractivity contribution is 6.32. The fourth-order valence-electron chi connectivity index (χ4n) is 1.88. The summed E-state index contributed by atoms with van der Waals surface area (Å²) >= 11 is 6.18. The number of aldehydes is 1. The van der Waals surface area contributed by atoms with Gasteiger partial charge in [-0.25, -0.2) is 19.6 Å². The number of hydrogen-bond acceptors (Lipinski definition) is 5. The van der Waals surface area contributed by atoms with E-state index >= 15 is 0 Å². The number of halogens is 1. The molecule has 0 radical (unpaired) electrons. The van der Waals surface area contributed by atoms with Gasteiger partial charge in [-0.2, -0.15) is 5.10 Å². The van der Waals surface area contributed by atoms with E-state index in [9.17, 15) is 4.79 Å². The first-order chi connectivity index (χ1) is 9.26. The van der Waals surface area contributed by atoms with Crippen LogP contribution >= 0.6 is 11.6 Å². The van der Waals surface area contributed by atoms with Crippen LogP contribution in [0.4, 0.5) is 0 Å². The first kappa shape index (κ1) is 11.8. The van der Waals surface area contributed by atoms with Gasteiger partial charge in [-0.3, -0.25) is 4.79 Å². The number of imidazole rings is 1. The predicted molar refractivity (Wildman–Crippen MR) is 68.6 cm³/mol. The number of H-pyrrole nitrogens is 1. The average molecular weight is 277 g/mol. The molecule has 3 aromatic heterocycles. The Hall–Kier alpha value is -2.28. The topological polar surface area (TPSA) is 89.3 Å². The molecule has 0 saturated carbocycles. The third-order valence-electron chi connectivity index (χ3n) is 2.80. The zero-order valence-corrected chi connectivity index (χ0v) is 10.7. The van der Waals surface area contributed by atoms with Crippen LogP contribution in [0.15, 0.2) is 12.7 Å². The molecule has 19 heavy (non-hydrogen) atoms. The van der Waals surface area contributed by atoms with Crippen LogP contribution in [-0.2, 0) is 6.42 Å². The second kappa shape index (κ2) is 4.43. The van der Waals surface area contributed by atoms with Crippen LogP contribution in [0, 0.1) is 0 Å². The highest BCUT2D eigenvalue weighted by atomic mass is 35.5. The summed E-state index contributed by atoms with van der Waals surface area (Å²) in [4.78, 5) is 26.2. The highest BCUT2D eigenvalue weighted by Gasteiger charge is 2.18. The number of aromatic nitrogens is 6. The number of aromatic amines is 1. The van der Waals surface area contributed by atoms with Gasteiger partial charge in [-0.1, -0.05) is 18.5 Å². The second-order valence-electron chi connectivity index (χ2n) is 3.83. The smallest absolute Gasteiger partial charge is 0.184 e. The molecule has 0 fully saturated rings.